The zero-order valence-corrected chi connectivity index (χ0v) is 14.1. The summed E-state index contributed by atoms with van der Waals surface area (Å²) in [5, 5.41) is 3.87. The lowest BCUT2D eigenvalue weighted by Gasteiger charge is -2.42. The molecule has 0 aromatic rings. The number of nitrogens with one attached hydrogen (secondary N) is 1. The maximum Gasteiger partial charge on any atom is 0.0641 e. The second kappa shape index (κ2) is 6.97. The van der Waals surface area contributed by atoms with Crippen LogP contribution in [0, 0.1) is 5.92 Å². The van der Waals surface area contributed by atoms with Crippen LogP contribution < -0.4 is 5.32 Å². The van der Waals surface area contributed by atoms with Crippen LogP contribution in [0.2, 0.25) is 0 Å². The van der Waals surface area contributed by atoms with Crippen LogP contribution in [0.4, 0.5) is 0 Å². The first-order valence-corrected chi connectivity index (χ1v) is 9.25. The van der Waals surface area contributed by atoms with Crippen molar-refractivity contribution >= 4 is 0 Å². The third-order valence-corrected chi connectivity index (χ3v) is 5.87. The lowest BCUT2D eigenvalue weighted by Crippen LogP contribution is -2.50. The van der Waals surface area contributed by atoms with E-state index in [0.29, 0.717) is 0 Å². The highest BCUT2D eigenvalue weighted by Gasteiger charge is 2.35. The Bertz CT molecular complexity index is 325. The van der Waals surface area contributed by atoms with E-state index in [1.165, 1.54) is 71.0 Å². The van der Waals surface area contributed by atoms with Crippen LogP contribution in [0.5, 0.6) is 0 Å². The van der Waals surface area contributed by atoms with E-state index < -0.39 is 0 Å². The first-order valence-electron chi connectivity index (χ1n) is 9.25. The molecule has 0 aromatic heterocycles. The van der Waals surface area contributed by atoms with Crippen LogP contribution in [0.3, 0.4) is 0 Å². The second-order valence-electron chi connectivity index (χ2n) is 8.06. The maximum absolute atomic E-state index is 5.92. The van der Waals surface area contributed by atoms with Crippen molar-refractivity contribution in [1.82, 2.24) is 10.2 Å². The van der Waals surface area contributed by atoms with Crippen LogP contribution >= 0.6 is 0 Å². The average molecular weight is 294 g/mol. The third kappa shape index (κ3) is 4.20. The Morgan fingerprint density at radius 2 is 1.86 bits per heavy atom. The van der Waals surface area contributed by atoms with Crippen LogP contribution in [0.1, 0.15) is 65.2 Å². The molecule has 3 fully saturated rings. The fourth-order valence-electron chi connectivity index (χ4n) is 4.67. The molecule has 2 unspecified atom stereocenters. The first-order chi connectivity index (χ1) is 10.1. The van der Waals surface area contributed by atoms with Crippen molar-refractivity contribution in [2.45, 2.75) is 82.9 Å². The largest absolute Gasteiger partial charge is 0.375 e. The smallest absolute Gasteiger partial charge is 0.0641 e. The first kappa shape index (κ1) is 15.8. The standard InChI is InChI=1S/C18H34N2O/c1-18(2)13-16(9-12-21-18)20-11-6-10-19-17(14-20)15-7-4-3-5-8-15/h15-17,19H,3-14H2,1-2H3. The van der Waals surface area contributed by atoms with Gasteiger partial charge >= 0.3 is 0 Å². The zero-order valence-electron chi connectivity index (χ0n) is 14.1. The van der Waals surface area contributed by atoms with Crippen molar-refractivity contribution in [3.8, 4) is 0 Å². The molecule has 1 aliphatic carbocycles. The number of nitrogens with zero attached hydrogens (tertiary/aromatic N) is 1. The van der Waals surface area contributed by atoms with Gasteiger partial charge in [-0.15, -0.1) is 0 Å². The zero-order chi connectivity index (χ0) is 14.7. The number of hydrogen-bond acceptors (Lipinski definition) is 3. The van der Waals surface area contributed by atoms with Crippen molar-refractivity contribution in [3.05, 3.63) is 0 Å². The van der Waals surface area contributed by atoms with Crippen LogP contribution in [-0.2, 0) is 4.74 Å². The highest BCUT2D eigenvalue weighted by Crippen LogP contribution is 2.31. The number of ether oxygens (including phenoxy) is 1. The van der Waals surface area contributed by atoms with Gasteiger partial charge < -0.3 is 10.1 Å². The van der Waals surface area contributed by atoms with Gasteiger partial charge in [0.05, 0.1) is 5.60 Å². The molecule has 0 radical (unpaired) electrons. The normalized spacial score (nSPS) is 36.3. The van der Waals surface area contributed by atoms with E-state index >= 15 is 0 Å². The summed E-state index contributed by atoms with van der Waals surface area (Å²) in [6.45, 7) is 9.21. The second-order valence-corrected chi connectivity index (χ2v) is 8.06. The van der Waals surface area contributed by atoms with Gasteiger partial charge in [0.25, 0.3) is 0 Å². The molecule has 3 nitrogen and oxygen atoms in total. The summed E-state index contributed by atoms with van der Waals surface area (Å²) in [5.74, 6) is 0.923. The molecular formula is C18H34N2O. The van der Waals surface area contributed by atoms with Crippen LogP contribution in [0.15, 0.2) is 0 Å². The lowest BCUT2D eigenvalue weighted by molar-refractivity contribution is -0.0839. The van der Waals surface area contributed by atoms with Crippen LogP contribution in [-0.4, -0.2) is 48.8 Å². The van der Waals surface area contributed by atoms with E-state index in [-0.39, 0.29) is 5.60 Å². The minimum Gasteiger partial charge on any atom is -0.375 e. The van der Waals surface area contributed by atoms with Crippen molar-refractivity contribution in [1.29, 1.82) is 0 Å². The average Bonchev–Trinajstić information content (AvgIpc) is 2.73. The monoisotopic (exact) mass is 294 g/mol. The van der Waals surface area contributed by atoms with E-state index in [2.05, 4.69) is 24.1 Å². The molecule has 21 heavy (non-hydrogen) atoms. The highest BCUT2D eigenvalue weighted by molar-refractivity contribution is 4.90. The molecule has 2 heterocycles. The van der Waals surface area contributed by atoms with Crippen molar-refractivity contribution < 1.29 is 4.74 Å². The lowest BCUT2D eigenvalue weighted by atomic mass is 9.83. The Kier molecular flexibility index (Phi) is 5.23. The molecule has 2 atom stereocenters. The van der Waals surface area contributed by atoms with Gasteiger partial charge in [0.2, 0.25) is 0 Å². The van der Waals surface area contributed by atoms with E-state index in [1.807, 2.05) is 0 Å². The summed E-state index contributed by atoms with van der Waals surface area (Å²) in [6.07, 6.45) is 11.0. The summed E-state index contributed by atoms with van der Waals surface area (Å²) in [5.41, 5.74) is 0.0724. The summed E-state index contributed by atoms with van der Waals surface area (Å²) in [4.78, 5) is 2.80. The van der Waals surface area contributed by atoms with Gasteiger partial charge in [-0.3, -0.25) is 4.90 Å². The molecule has 0 bridgehead atoms. The molecular weight excluding hydrogens is 260 g/mol. The fourth-order valence-corrected chi connectivity index (χ4v) is 4.67. The Balaban J connectivity index is 1.61. The van der Waals surface area contributed by atoms with E-state index in [4.69, 9.17) is 4.74 Å². The Hall–Kier alpha value is -0.120. The van der Waals surface area contributed by atoms with E-state index in [0.717, 1.165) is 24.6 Å². The predicted molar refractivity (Wildman–Crippen MR) is 87.6 cm³/mol. The SMILES string of the molecule is CC1(C)CC(N2CCCNC(C3CCCCC3)C2)CCO1. The minimum atomic E-state index is 0.0724. The summed E-state index contributed by atoms with van der Waals surface area (Å²) in [7, 11) is 0. The molecule has 3 heteroatoms. The Labute approximate surface area is 130 Å². The van der Waals surface area contributed by atoms with E-state index in [9.17, 15) is 0 Å². The molecule has 0 spiro atoms. The summed E-state index contributed by atoms with van der Waals surface area (Å²) >= 11 is 0. The Morgan fingerprint density at radius 3 is 2.62 bits per heavy atom. The predicted octanol–water partition coefficient (Wildman–Crippen LogP) is 3.19. The van der Waals surface area contributed by atoms with Gasteiger partial charge in [0.15, 0.2) is 0 Å². The topological polar surface area (TPSA) is 24.5 Å². The van der Waals surface area contributed by atoms with Crippen molar-refractivity contribution in [2.75, 3.05) is 26.2 Å². The summed E-state index contributed by atoms with van der Waals surface area (Å²) in [6, 6.07) is 1.47. The highest BCUT2D eigenvalue weighted by atomic mass is 16.5. The number of hydrogen-bond donors (Lipinski definition) is 1. The summed E-state index contributed by atoms with van der Waals surface area (Å²) < 4.78 is 5.92. The maximum atomic E-state index is 5.92. The van der Waals surface area contributed by atoms with Gasteiger partial charge in [-0.1, -0.05) is 19.3 Å². The van der Waals surface area contributed by atoms with Crippen LogP contribution in [0.25, 0.3) is 0 Å². The van der Waals surface area contributed by atoms with Gasteiger partial charge in [-0.05, 0) is 65.0 Å². The molecule has 3 aliphatic rings. The fraction of sp³-hybridized carbons (Fsp3) is 1.00. The van der Waals surface area contributed by atoms with Gasteiger partial charge in [0, 0.05) is 25.2 Å². The van der Waals surface area contributed by atoms with Gasteiger partial charge in [0.1, 0.15) is 0 Å². The van der Waals surface area contributed by atoms with Crippen molar-refractivity contribution in [2.24, 2.45) is 5.92 Å². The molecule has 0 amide bonds. The number of rotatable bonds is 2. The molecule has 2 saturated heterocycles. The molecule has 2 aliphatic heterocycles. The third-order valence-electron chi connectivity index (χ3n) is 5.87. The minimum absolute atomic E-state index is 0.0724. The Morgan fingerprint density at radius 1 is 1.05 bits per heavy atom. The molecule has 1 N–H and O–H groups in total. The molecule has 0 aromatic carbocycles. The molecule has 1 saturated carbocycles. The van der Waals surface area contributed by atoms with Gasteiger partial charge in [-0.25, -0.2) is 0 Å². The van der Waals surface area contributed by atoms with Crippen molar-refractivity contribution in [3.63, 3.8) is 0 Å². The van der Waals surface area contributed by atoms with Gasteiger partial charge in [-0.2, -0.15) is 0 Å². The molecule has 122 valence electrons. The molecule has 3 rings (SSSR count). The quantitative estimate of drug-likeness (QED) is 0.846. The van der Waals surface area contributed by atoms with E-state index in [1.54, 1.807) is 0 Å².